The molecule has 0 spiro atoms. The van der Waals surface area contributed by atoms with Crippen LogP contribution in [0.2, 0.25) is 0 Å². The van der Waals surface area contributed by atoms with Crippen LogP contribution in [0, 0.1) is 17.5 Å². The molecule has 0 aliphatic rings. The summed E-state index contributed by atoms with van der Waals surface area (Å²) in [4.78, 5) is 0. The predicted octanol–water partition coefficient (Wildman–Crippen LogP) is 3.96. The average molecular weight is 293 g/mol. The van der Waals surface area contributed by atoms with Crippen LogP contribution < -0.4 is 0 Å². The van der Waals surface area contributed by atoms with E-state index >= 15 is 0 Å². The normalized spacial score (nSPS) is 13.7. The molecule has 18 heavy (non-hydrogen) atoms. The molecule has 102 valence electrons. The molecule has 0 heterocycles. The third kappa shape index (κ3) is 4.38. The molecule has 1 aromatic rings. The van der Waals surface area contributed by atoms with Crippen molar-refractivity contribution in [1.29, 1.82) is 0 Å². The van der Waals surface area contributed by atoms with Crippen LogP contribution in [0.15, 0.2) is 12.1 Å². The molecule has 0 radical (unpaired) electrons. The Morgan fingerprint density at radius 1 is 1.06 bits per heavy atom. The van der Waals surface area contributed by atoms with E-state index in [0.29, 0.717) is 6.07 Å². The van der Waals surface area contributed by atoms with Gasteiger partial charge in [-0.25, -0.2) is 13.2 Å². The molecule has 0 saturated heterocycles. The first-order chi connectivity index (χ1) is 8.20. The van der Waals surface area contributed by atoms with Crippen LogP contribution in [0.3, 0.4) is 0 Å². The Hall–Kier alpha value is -0.950. The monoisotopic (exact) mass is 292 g/mol. The second-order valence-corrected chi connectivity index (χ2v) is 3.91. The Morgan fingerprint density at radius 2 is 1.61 bits per heavy atom. The lowest BCUT2D eigenvalue weighted by Gasteiger charge is -2.13. The molecule has 1 rings (SSSR count). The van der Waals surface area contributed by atoms with Crippen LogP contribution in [0.5, 0.6) is 0 Å². The Labute approximate surface area is 103 Å². The van der Waals surface area contributed by atoms with Crippen molar-refractivity contribution in [3.8, 4) is 0 Å². The van der Waals surface area contributed by atoms with Crippen molar-refractivity contribution >= 4 is 11.6 Å². The molecule has 0 fully saturated rings. The molecule has 8 heteroatoms. The van der Waals surface area contributed by atoms with Crippen LogP contribution in [0.4, 0.5) is 26.3 Å². The van der Waals surface area contributed by atoms with E-state index in [1.165, 1.54) is 0 Å². The first-order valence-corrected chi connectivity index (χ1v) is 5.07. The molecule has 0 saturated carbocycles. The second-order valence-electron chi connectivity index (χ2n) is 3.39. The van der Waals surface area contributed by atoms with Gasteiger partial charge in [0.1, 0.15) is 12.4 Å². The molecule has 0 bridgehead atoms. The predicted molar refractivity (Wildman–Crippen MR) is 51.8 cm³/mol. The fourth-order valence-electron chi connectivity index (χ4n) is 1.15. The molecule has 1 nitrogen and oxygen atoms in total. The first kappa shape index (κ1) is 15.1. The van der Waals surface area contributed by atoms with E-state index in [1.54, 1.807) is 0 Å². The summed E-state index contributed by atoms with van der Waals surface area (Å²) in [6.07, 6.45) is -4.54. The lowest BCUT2D eigenvalue weighted by atomic mass is 10.1. The van der Waals surface area contributed by atoms with E-state index in [-0.39, 0.29) is 6.07 Å². The molecule has 0 N–H and O–H groups in total. The van der Waals surface area contributed by atoms with Crippen molar-refractivity contribution in [2.45, 2.75) is 11.6 Å². The van der Waals surface area contributed by atoms with Gasteiger partial charge in [0.05, 0.1) is 12.0 Å². The van der Waals surface area contributed by atoms with Gasteiger partial charge in [-0.3, -0.25) is 0 Å². The van der Waals surface area contributed by atoms with Gasteiger partial charge in [0.25, 0.3) is 0 Å². The quantitative estimate of drug-likeness (QED) is 0.464. The van der Waals surface area contributed by atoms with Gasteiger partial charge in [-0.1, -0.05) is 0 Å². The minimum Gasteiger partial charge on any atom is -0.370 e. The maximum Gasteiger partial charge on any atom is 0.411 e. The van der Waals surface area contributed by atoms with Crippen molar-refractivity contribution in [2.24, 2.45) is 0 Å². The van der Waals surface area contributed by atoms with Crippen LogP contribution in [0.25, 0.3) is 0 Å². The number of ether oxygens (including phenoxy) is 1. The molecule has 0 aliphatic heterocycles. The van der Waals surface area contributed by atoms with Gasteiger partial charge in [0, 0.05) is 11.6 Å². The van der Waals surface area contributed by atoms with Gasteiger partial charge in [0.2, 0.25) is 0 Å². The third-order valence-corrected chi connectivity index (χ3v) is 2.27. The SMILES string of the molecule is Fc1cc(F)c(C(Cl)COCC(F)(F)F)cc1F. The maximum atomic E-state index is 13.2. The largest absolute Gasteiger partial charge is 0.411 e. The van der Waals surface area contributed by atoms with E-state index in [0.717, 1.165) is 0 Å². The van der Waals surface area contributed by atoms with Gasteiger partial charge in [0.15, 0.2) is 11.6 Å². The van der Waals surface area contributed by atoms with Crippen molar-refractivity contribution in [3.63, 3.8) is 0 Å². The summed E-state index contributed by atoms with van der Waals surface area (Å²) >= 11 is 5.54. The summed E-state index contributed by atoms with van der Waals surface area (Å²) in [6, 6.07) is 0.753. The van der Waals surface area contributed by atoms with Crippen molar-refractivity contribution < 1.29 is 31.1 Å². The zero-order valence-electron chi connectivity index (χ0n) is 8.70. The highest BCUT2D eigenvalue weighted by atomic mass is 35.5. The zero-order valence-corrected chi connectivity index (χ0v) is 9.46. The highest BCUT2D eigenvalue weighted by Gasteiger charge is 2.28. The minimum atomic E-state index is -4.54. The highest BCUT2D eigenvalue weighted by Crippen LogP contribution is 2.26. The molecule has 1 unspecified atom stereocenters. The lowest BCUT2D eigenvalue weighted by molar-refractivity contribution is -0.173. The Morgan fingerprint density at radius 3 is 2.17 bits per heavy atom. The molecular formula is C10H7ClF6O. The van der Waals surface area contributed by atoms with Crippen molar-refractivity contribution in [3.05, 3.63) is 35.1 Å². The maximum absolute atomic E-state index is 13.2. The van der Waals surface area contributed by atoms with E-state index < -0.39 is 47.8 Å². The number of benzene rings is 1. The van der Waals surface area contributed by atoms with Gasteiger partial charge >= 0.3 is 6.18 Å². The van der Waals surface area contributed by atoms with Crippen LogP contribution in [-0.2, 0) is 4.74 Å². The van der Waals surface area contributed by atoms with Gasteiger partial charge in [-0.2, -0.15) is 13.2 Å². The molecule has 0 aromatic heterocycles. The minimum absolute atomic E-state index is 0.268. The first-order valence-electron chi connectivity index (χ1n) is 4.63. The lowest BCUT2D eigenvalue weighted by Crippen LogP contribution is -2.19. The molecule has 0 amide bonds. The van der Waals surface area contributed by atoms with Gasteiger partial charge in [-0.05, 0) is 6.07 Å². The molecule has 0 aliphatic carbocycles. The third-order valence-electron chi connectivity index (χ3n) is 1.91. The summed E-state index contributed by atoms with van der Waals surface area (Å²) in [7, 11) is 0. The molecule has 1 aromatic carbocycles. The van der Waals surface area contributed by atoms with E-state index in [9.17, 15) is 26.3 Å². The van der Waals surface area contributed by atoms with Crippen molar-refractivity contribution in [1.82, 2.24) is 0 Å². The second kappa shape index (κ2) is 5.79. The van der Waals surface area contributed by atoms with E-state index in [2.05, 4.69) is 4.74 Å². The zero-order chi connectivity index (χ0) is 13.9. The topological polar surface area (TPSA) is 9.23 Å². The summed E-state index contributed by atoms with van der Waals surface area (Å²) < 4.78 is 78.0. The summed E-state index contributed by atoms with van der Waals surface area (Å²) in [6.45, 7) is -2.23. The van der Waals surface area contributed by atoms with Crippen LogP contribution in [-0.4, -0.2) is 19.4 Å². The number of halogens is 7. The van der Waals surface area contributed by atoms with Crippen LogP contribution in [0.1, 0.15) is 10.9 Å². The fourth-order valence-corrected chi connectivity index (χ4v) is 1.40. The number of rotatable bonds is 4. The Balaban J connectivity index is 2.67. The highest BCUT2D eigenvalue weighted by molar-refractivity contribution is 6.20. The number of hydrogen-bond acceptors (Lipinski definition) is 1. The van der Waals surface area contributed by atoms with Gasteiger partial charge < -0.3 is 4.74 Å². The smallest absolute Gasteiger partial charge is 0.370 e. The fraction of sp³-hybridized carbons (Fsp3) is 0.400. The molecular weight excluding hydrogens is 286 g/mol. The van der Waals surface area contributed by atoms with Crippen molar-refractivity contribution in [2.75, 3.05) is 13.2 Å². The molecule has 1 atom stereocenters. The summed E-state index contributed by atoms with van der Waals surface area (Å²) in [5.41, 5.74) is -0.460. The van der Waals surface area contributed by atoms with E-state index in [4.69, 9.17) is 11.6 Å². The number of alkyl halides is 4. The van der Waals surface area contributed by atoms with E-state index in [1.807, 2.05) is 0 Å². The average Bonchev–Trinajstić information content (AvgIpc) is 2.21. The van der Waals surface area contributed by atoms with Gasteiger partial charge in [-0.15, -0.1) is 11.6 Å². The standard InChI is InChI=1S/C10H7ClF6O/c11-6(3-18-4-10(15,16)17)5-1-8(13)9(14)2-7(5)12/h1-2,6H,3-4H2. The Bertz CT molecular complexity index is 420. The number of hydrogen-bond donors (Lipinski definition) is 0. The Kier molecular flexibility index (Phi) is 4.86. The van der Waals surface area contributed by atoms with Crippen LogP contribution >= 0.6 is 11.6 Å². The summed E-state index contributed by atoms with van der Waals surface area (Å²) in [5.74, 6) is -3.89. The summed E-state index contributed by atoms with van der Waals surface area (Å²) in [5, 5.41) is -1.34.